The van der Waals surface area contributed by atoms with Crippen LogP contribution in [0.5, 0.6) is 11.5 Å². The molecule has 1 saturated carbocycles. The van der Waals surface area contributed by atoms with Crippen molar-refractivity contribution < 1.29 is 14.3 Å². The predicted octanol–water partition coefficient (Wildman–Crippen LogP) is 3.48. The number of benzene rings is 2. The molecule has 0 unspecified atom stereocenters. The van der Waals surface area contributed by atoms with Gasteiger partial charge in [-0.25, -0.2) is 4.68 Å². The fourth-order valence-corrected chi connectivity index (χ4v) is 3.54. The molecule has 3 aromatic rings. The van der Waals surface area contributed by atoms with E-state index >= 15 is 0 Å². The van der Waals surface area contributed by atoms with Crippen molar-refractivity contribution in [1.82, 2.24) is 19.9 Å². The molecule has 0 aliphatic heterocycles. The van der Waals surface area contributed by atoms with Crippen LogP contribution in [-0.4, -0.2) is 53.6 Å². The highest BCUT2D eigenvalue weighted by Gasteiger charge is 2.35. The third-order valence-electron chi connectivity index (χ3n) is 5.40. The van der Waals surface area contributed by atoms with Crippen LogP contribution in [-0.2, 0) is 6.42 Å². The van der Waals surface area contributed by atoms with Crippen molar-refractivity contribution in [2.45, 2.75) is 25.2 Å². The molecule has 30 heavy (non-hydrogen) atoms. The van der Waals surface area contributed by atoms with Gasteiger partial charge in [-0.3, -0.25) is 4.79 Å². The molecule has 1 aromatic heterocycles. The molecule has 1 amide bonds. The third-order valence-corrected chi connectivity index (χ3v) is 5.40. The first kappa shape index (κ1) is 19.9. The van der Waals surface area contributed by atoms with Crippen LogP contribution in [0.25, 0.3) is 5.69 Å². The number of carbonyl (C=O) groups excluding carboxylic acids is 1. The lowest BCUT2D eigenvalue weighted by atomic mass is 10.1. The number of nitrogens with zero attached hydrogens (tertiary/aromatic N) is 4. The second-order valence-corrected chi connectivity index (χ2v) is 7.51. The van der Waals surface area contributed by atoms with Crippen molar-refractivity contribution in [2.24, 2.45) is 0 Å². The normalized spacial score (nSPS) is 13.2. The maximum Gasteiger partial charge on any atom is 0.276 e. The number of amides is 1. The van der Waals surface area contributed by atoms with E-state index in [0.717, 1.165) is 29.8 Å². The molecule has 4 rings (SSSR count). The number of methoxy groups -OCH3 is 2. The zero-order valence-electron chi connectivity index (χ0n) is 17.5. The Morgan fingerprint density at radius 1 is 1.10 bits per heavy atom. The molecule has 7 heteroatoms. The number of rotatable bonds is 8. The summed E-state index contributed by atoms with van der Waals surface area (Å²) in [4.78, 5) is 14.9. The Balaban J connectivity index is 1.50. The zero-order chi connectivity index (χ0) is 21.1. The van der Waals surface area contributed by atoms with E-state index in [2.05, 4.69) is 10.3 Å². The SMILES string of the molecule is COc1ccc(CCN(C)C(=O)c2nnn(-c3ccccc3)c2C2CC2)cc1OC. The smallest absolute Gasteiger partial charge is 0.276 e. The predicted molar refractivity (Wildman–Crippen MR) is 114 cm³/mol. The molecule has 1 aliphatic carbocycles. The standard InChI is InChI=1S/C23H26N4O3/c1-26(14-13-16-9-12-19(29-2)20(15-16)30-3)23(28)21-22(17-10-11-17)27(25-24-21)18-7-5-4-6-8-18/h4-9,12,15,17H,10-11,13-14H2,1-3H3. The summed E-state index contributed by atoms with van der Waals surface area (Å²) in [5.41, 5.74) is 3.38. The first-order valence-electron chi connectivity index (χ1n) is 10.1. The number of likely N-dealkylation sites (N-methyl/N-ethyl adjacent to an activating group) is 1. The summed E-state index contributed by atoms with van der Waals surface area (Å²) in [5, 5.41) is 8.56. The molecule has 0 bridgehead atoms. The Kier molecular flexibility index (Phi) is 5.70. The summed E-state index contributed by atoms with van der Waals surface area (Å²) in [7, 11) is 5.04. The maximum absolute atomic E-state index is 13.2. The molecular formula is C23H26N4O3. The molecule has 156 valence electrons. The fraction of sp³-hybridized carbons (Fsp3) is 0.348. The van der Waals surface area contributed by atoms with Crippen LogP contribution in [0.2, 0.25) is 0 Å². The van der Waals surface area contributed by atoms with E-state index in [1.807, 2.05) is 53.2 Å². The van der Waals surface area contributed by atoms with Crippen LogP contribution in [0, 0.1) is 0 Å². The van der Waals surface area contributed by atoms with Crippen LogP contribution in [0.15, 0.2) is 48.5 Å². The summed E-state index contributed by atoms with van der Waals surface area (Å²) < 4.78 is 12.5. The zero-order valence-corrected chi connectivity index (χ0v) is 17.5. The minimum absolute atomic E-state index is 0.0976. The van der Waals surface area contributed by atoms with E-state index in [4.69, 9.17) is 9.47 Å². The van der Waals surface area contributed by atoms with Gasteiger partial charge in [0.2, 0.25) is 0 Å². The summed E-state index contributed by atoms with van der Waals surface area (Å²) in [6.07, 6.45) is 2.83. The summed E-state index contributed by atoms with van der Waals surface area (Å²) in [6.45, 7) is 0.566. The highest BCUT2D eigenvalue weighted by Crippen LogP contribution is 2.42. The van der Waals surface area contributed by atoms with E-state index in [0.29, 0.717) is 36.1 Å². The summed E-state index contributed by atoms with van der Waals surface area (Å²) in [6, 6.07) is 15.7. The molecule has 0 saturated heterocycles. The quantitative estimate of drug-likeness (QED) is 0.573. The van der Waals surface area contributed by atoms with Crippen molar-refractivity contribution >= 4 is 5.91 Å². The number of hydrogen-bond donors (Lipinski definition) is 0. The molecule has 2 aromatic carbocycles. The Labute approximate surface area is 176 Å². The molecule has 0 radical (unpaired) electrons. The minimum Gasteiger partial charge on any atom is -0.493 e. The van der Waals surface area contributed by atoms with Crippen LogP contribution < -0.4 is 9.47 Å². The number of aromatic nitrogens is 3. The Morgan fingerprint density at radius 2 is 1.83 bits per heavy atom. The van der Waals surface area contributed by atoms with Gasteiger partial charge in [-0.05, 0) is 49.1 Å². The molecule has 1 fully saturated rings. The van der Waals surface area contributed by atoms with Gasteiger partial charge in [0.1, 0.15) is 0 Å². The largest absolute Gasteiger partial charge is 0.493 e. The lowest BCUT2D eigenvalue weighted by Gasteiger charge is -2.17. The van der Waals surface area contributed by atoms with Crippen molar-refractivity contribution in [2.75, 3.05) is 27.8 Å². The number of carbonyl (C=O) groups is 1. The maximum atomic E-state index is 13.2. The molecule has 0 spiro atoms. The number of ether oxygens (including phenoxy) is 2. The Morgan fingerprint density at radius 3 is 2.50 bits per heavy atom. The highest BCUT2D eigenvalue weighted by atomic mass is 16.5. The van der Waals surface area contributed by atoms with Crippen molar-refractivity contribution in [3.05, 3.63) is 65.5 Å². The monoisotopic (exact) mass is 406 g/mol. The minimum atomic E-state index is -0.0976. The van der Waals surface area contributed by atoms with Gasteiger partial charge in [-0.15, -0.1) is 5.10 Å². The first-order chi connectivity index (χ1) is 14.6. The van der Waals surface area contributed by atoms with E-state index in [-0.39, 0.29) is 5.91 Å². The molecule has 7 nitrogen and oxygen atoms in total. The van der Waals surface area contributed by atoms with Gasteiger partial charge in [0.25, 0.3) is 5.91 Å². The van der Waals surface area contributed by atoms with Crippen LogP contribution in [0.1, 0.15) is 40.5 Å². The van der Waals surface area contributed by atoms with Crippen LogP contribution >= 0.6 is 0 Å². The topological polar surface area (TPSA) is 69.5 Å². The van der Waals surface area contributed by atoms with Gasteiger partial charge in [-0.2, -0.15) is 0 Å². The van der Waals surface area contributed by atoms with Gasteiger partial charge < -0.3 is 14.4 Å². The van der Waals surface area contributed by atoms with Crippen molar-refractivity contribution in [3.8, 4) is 17.2 Å². The second kappa shape index (κ2) is 8.57. The van der Waals surface area contributed by atoms with E-state index < -0.39 is 0 Å². The van der Waals surface area contributed by atoms with E-state index in [1.54, 1.807) is 26.2 Å². The molecule has 1 aliphatic rings. The summed E-state index contributed by atoms with van der Waals surface area (Å²) >= 11 is 0. The third kappa shape index (κ3) is 4.01. The Hall–Kier alpha value is -3.35. The van der Waals surface area contributed by atoms with Gasteiger partial charge in [0.05, 0.1) is 25.6 Å². The van der Waals surface area contributed by atoms with Crippen LogP contribution in [0.4, 0.5) is 0 Å². The summed E-state index contributed by atoms with van der Waals surface area (Å²) in [5.74, 6) is 1.63. The van der Waals surface area contributed by atoms with Crippen LogP contribution in [0.3, 0.4) is 0 Å². The van der Waals surface area contributed by atoms with Crippen molar-refractivity contribution in [1.29, 1.82) is 0 Å². The molecular weight excluding hydrogens is 380 g/mol. The number of hydrogen-bond acceptors (Lipinski definition) is 5. The molecule has 0 N–H and O–H groups in total. The fourth-order valence-electron chi connectivity index (χ4n) is 3.54. The van der Waals surface area contributed by atoms with Gasteiger partial charge in [0.15, 0.2) is 17.2 Å². The lowest BCUT2D eigenvalue weighted by Crippen LogP contribution is -2.30. The van der Waals surface area contributed by atoms with E-state index in [1.165, 1.54) is 0 Å². The van der Waals surface area contributed by atoms with Gasteiger partial charge >= 0.3 is 0 Å². The molecule has 0 atom stereocenters. The van der Waals surface area contributed by atoms with Gasteiger partial charge in [0, 0.05) is 19.5 Å². The average molecular weight is 406 g/mol. The Bertz CT molecular complexity index is 1030. The molecule has 1 heterocycles. The average Bonchev–Trinajstić information content (AvgIpc) is 3.54. The van der Waals surface area contributed by atoms with Gasteiger partial charge in [-0.1, -0.05) is 29.5 Å². The van der Waals surface area contributed by atoms with E-state index in [9.17, 15) is 4.79 Å². The van der Waals surface area contributed by atoms with Crippen molar-refractivity contribution in [3.63, 3.8) is 0 Å². The highest BCUT2D eigenvalue weighted by molar-refractivity contribution is 5.93. The lowest BCUT2D eigenvalue weighted by molar-refractivity contribution is 0.0789. The first-order valence-corrected chi connectivity index (χ1v) is 10.1. The second-order valence-electron chi connectivity index (χ2n) is 7.51. The number of para-hydroxylation sites is 1.